The minimum absolute atomic E-state index is 0.273. The minimum Gasteiger partial charge on any atom is -0.494 e. The van der Waals surface area contributed by atoms with Gasteiger partial charge in [0.25, 0.3) is 0 Å². The number of likely N-dealkylation sites (tertiary alicyclic amines) is 1. The van der Waals surface area contributed by atoms with E-state index < -0.39 is 0 Å². The summed E-state index contributed by atoms with van der Waals surface area (Å²) in [5.41, 5.74) is 4.43. The zero-order chi connectivity index (χ0) is 17.8. The Kier molecular flexibility index (Phi) is 5.71. The van der Waals surface area contributed by atoms with E-state index in [9.17, 15) is 4.39 Å². The normalized spacial score (nSPS) is 18.3. The molecule has 1 aliphatic rings. The average molecular weight is 343 g/mol. The van der Waals surface area contributed by atoms with Crippen molar-refractivity contribution in [3.63, 3.8) is 0 Å². The SMILES string of the molecule is COc1ccc(-c2ccc(CN3CCCC(OC)C3)c(C)c2)cc1F. The van der Waals surface area contributed by atoms with Crippen molar-refractivity contribution in [2.45, 2.75) is 32.4 Å². The molecule has 0 spiro atoms. The first kappa shape index (κ1) is 17.9. The van der Waals surface area contributed by atoms with Crippen molar-refractivity contribution in [3.05, 3.63) is 53.3 Å². The molecule has 1 aliphatic heterocycles. The van der Waals surface area contributed by atoms with Crippen molar-refractivity contribution in [2.24, 2.45) is 0 Å². The average Bonchev–Trinajstić information content (AvgIpc) is 2.63. The molecule has 2 aromatic rings. The molecule has 0 N–H and O–H groups in total. The minimum atomic E-state index is -0.333. The van der Waals surface area contributed by atoms with Crippen LogP contribution in [0.1, 0.15) is 24.0 Å². The number of rotatable bonds is 5. The fraction of sp³-hybridized carbons (Fsp3) is 0.429. The third kappa shape index (κ3) is 4.20. The van der Waals surface area contributed by atoms with Gasteiger partial charge >= 0.3 is 0 Å². The maximum Gasteiger partial charge on any atom is 0.165 e. The number of ether oxygens (including phenoxy) is 2. The molecule has 0 saturated carbocycles. The summed E-state index contributed by atoms with van der Waals surface area (Å²) < 4.78 is 24.5. The zero-order valence-corrected chi connectivity index (χ0v) is 15.2. The molecular weight excluding hydrogens is 317 g/mol. The van der Waals surface area contributed by atoms with Crippen LogP contribution < -0.4 is 4.74 Å². The van der Waals surface area contributed by atoms with E-state index in [1.165, 1.54) is 30.7 Å². The quantitative estimate of drug-likeness (QED) is 0.802. The van der Waals surface area contributed by atoms with Gasteiger partial charge < -0.3 is 9.47 Å². The maximum atomic E-state index is 14.0. The van der Waals surface area contributed by atoms with Crippen LogP contribution in [0.5, 0.6) is 5.75 Å². The first-order chi connectivity index (χ1) is 12.1. The van der Waals surface area contributed by atoms with Crippen molar-refractivity contribution in [1.82, 2.24) is 4.90 Å². The topological polar surface area (TPSA) is 21.7 Å². The summed E-state index contributed by atoms with van der Waals surface area (Å²) in [5, 5.41) is 0. The standard InChI is InChI=1S/C21H26FNO2/c1-15-11-16(17-8-9-21(25-3)20(22)12-17)6-7-18(15)13-23-10-4-5-19(14-23)24-2/h6-9,11-12,19H,4-5,10,13-14H2,1-3H3. The van der Waals surface area contributed by atoms with E-state index in [-0.39, 0.29) is 11.6 Å². The third-order valence-corrected chi connectivity index (χ3v) is 5.02. The molecule has 25 heavy (non-hydrogen) atoms. The second-order valence-corrected chi connectivity index (χ2v) is 6.73. The molecular formula is C21H26FNO2. The highest BCUT2D eigenvalue weighted by Crippen LogP contribution is 2.27. The number of piperidine rings is 1. The van der Waals surface area contributed by atoms with Crippen molar-refractivity contribution in [1.29, 1.82) is 0 Å². The second kappa shape index (κ2) is 7.98. The fourth-order valence-corrected chi connectivity index (χ4v) is 3.49. The smallest absolute Gasteiger partial charge is 0.165 e. The highest BCUT2D eigenvalue weighted by atomic mass is 19.1. The van der Waals surface area contributed by atoms with Crippen LogP contribution in [0.15, 0.2) is 36.4 Å². The van der Waals surface area contributed by atoms with Crippen LogP contribution in [0.4, 0.5) is 4.39 Å². The Balaban J connectivity index is 1.75. The Hall–Kier alpha value is -1.91. The van der Waals surface area contributed by atoms with Crippen molar-refractivity contribution in [2.75, 3.05) is 27.3 Å². The van der Waals surface area contributed by atoms with E-state index in [2.05, 4.69) is 30.0 Å². The van der Waals surface area contributed by atoms with Crippen LogP contribution in [0.2, 0.25) is 0 Å². The first-order valence-electron chi connectivity index (χ1n) is 8.79. The Bertz CT molecular complexity index is 732. The van der Waals surface area contributed by atoms with E-state index in [1.807, 2.05) is 6.07 Å². The van der Waals surface area contributed by atoms with Crippen LogP contribution in [-0.2, 0) is 11.3 Å². The van der Waals surface area contributed by atoms with E-state index >= 15 is 0 Å². The largest absolute Gasteiger partial charge is 0.494 e. The number of hydrogen-bond donors (Lipinski definition) is 0. The van der Waals surface area contributed by atoms with Gasteiger partial charge in [0, 0.05) is 20.2 Å². The van der Waals surface area contributed by atoms with Crippen molar-refractivity contribution < 1.29 is 13.9 Å². The predicted molar refractivity (Wildman–Crippen MR) is 98.4 cm³/mol. The van der Waals surface area contributed by atoms with Crippen molar-refractivity contribution >= 4 is 0 Å². The van der Waals surface area contributed by atoms with Crippen molar-refractivity contribution in [3.8, 4) is 16.9 Å². The molecule has 3 rings (SSSR count). The molecule has 1 saturated heterocycles. The molecule has 4 heteroatoms. The van der Waals surface area contributed by atoms with E-state index in [0.717, 1.165) is 37.2 Å². The Labute approximate surface area is 149 Å². The number of benzene rings is 2. The Morgan fingerprint density at radius 1 is 1.12 bits per heavy atom. The first-order valence-corrected chi connectivity index (χ1v) is 8.79. The maximum absolute atomic E-state index is 14.0. The molecule has 1 fully saturated rings. The van der Waals surface area contributed by atoms with Gasteiger partial charge in [-0.1, -0.05) is 24.3 Å². The molecule has 1 unspecified atom stereocenters. The van der Waals surface area contributed by atoms with Gasteiger partial charge in [-0.05, 0) is 60.7 Å². The molecule has 1 atom stereocenters. The number of methoxy groups -OCH3 is 2. The lowest BCUT2D eigenvalue weighted by Gasteiger charge is -2.32. The van der Waals surface area contributed by atoms with Gasteiger partial charge in [-0.3, -0.25) is 4.90 Å². The molecule has 3 nitrogen and oxygen atoms in total. The highest BCUT2D eigenvalue weighted by molar-refractivity contribution is 5.65. The molecule has 134 valence electrons. The van der Waals surface area contributed by atoms with E-state index in [4.69, 9.17) is 9.47 Å². The molecule has 0 aromatic heterocycles. The molecule has 0 bridgehead atoms. The Morgan fingerprint density at radius 2 is 1.88 bits per heavy atom. The molecule has 0 amide bonds. The summed E-state index contributed by atoms with van der Waals surface area (Å²) in [6.45, 7) is 5.16. The fourth-order valence-electron chi connectivity index (χ4n) is 3.49. The third-order valence-electron chi connectivity index (χ3n) is 5.02. The van der Waals surface area contributed by atoms with Crippen LogP contribution >= 0.6 is 0 Å². The Morgan fingerprint density at radius 3 is 2.56 bits per heavy atom. The lowest BCUT2D eigenvalue weighted by atomic mass is 9.98. The number of hydrogen-bond acceptors (Lipinski definition) is 3. The summed E-state index contributed by atoms with van der Waals surface area (Å²) in [4.78, 5) is 2.45. The molecule has 0 radical (unpaired) electrons. The van der Waals surface area contributed by atoms with Gasteiger partial charge in [0.1, 0.15) is 0 Å². The van der Waals surface area contributed by atoms with Gasteiger partial charge in [0.15, 0.2) is 11.6 Å². The number of aryl methyl sites for hydroxylation is 1. The summed E-state index contributed by atoms with van der Waals surface area (Å²) in [7, 11) is 3.27. The summed E-state index contributed by atoms with van der Waals surface area (Å²) in [6.07, 6.45) is 2.67. The van der Waals surface area contributed by atoms with Gasteiger partial charge in [-0.2, -0.15) is 0 Å². The summed E-state index contributed by atoms with van der Waals surface area (Å²) >= 11 is 0. The van der Waals surface area contributed by atoms with Gasteiger partial charge in [-0.15, -0.1) is 0 Å². The van der Waals surface area contributed by atoms with Gasteiger partial charge in [0.2, 0.25) is 0 Å². The monoisotopic (exact) mass is 343 g/mol. The van der Waals surface area contributed by atoms with Gasteiger partial charge in [-0.25, -0.2) is 4.39 Å². The summed E-state index contributed by atoms with van der Waals surface area (Å²) in [6, 6.07) is 11.5. The van der Waals surface area contributed by atoms with E-state index in [1.54, 1.807) is 13.2 Å². The van der Waals surface area contributed by atoms with Crippen LogP contribution in [0.25, 0.3) is 11.1 Å². The zero-order valence-electron chi connectivity index (χ0n) is 15.2. The molecule has 2 aromatic carbocycles. The number of nitrogens with zero attached hydrogens (tertiary/aromatic N) is 1. The second-order valence-electron chi connectivity index (χ2n) is 6.73. The highest BCUT2D eigenvalue weighted by Gasteiger charge is 2.19. The van der Waals surface area contributed by atoms with Crippen LogP contribution in [0.3, 0.4) is 0 Å². The van der Waals surface area contributed by atoms with Gasteiger partial charge in [0.05, 0.1) is 13.2 Å². The number of halogens is 1. The lowest BCUT2D eigenvalue weighted by Crippen LogP contribution is -2.38. The predicted octanol–water partition coefficient (Wildman–Crippen LogP) is 4.42. The lowest BCUT2D eigenvalue weighted by molar-refractivity contribution is 0.0285. The summed E-state index contributed by atoms with van der Waals surface area (Å²) in [5.74, 6) is -0.0597. The molecule has 1 heterocycles. The van der Waals surface area contributed by atoms with E-state index in [0.29, 0.717) is 6.10 Å². The van der Waals surface area contributed by atoms with Crippen LogP contribution in [0, 0.1) is 12.7 Å². The van der Waals surface area contributed by atoms with Crippen LogP contribution in [-0.4, -0.2) is 38.3 Å². The molecule has 0 aliphatic carbocycles.